The summed E-state index contributed by atoms with van der Waals surface area (Å²) in [6.45, 7) is 3.49. The highest BCUT2D eigenvalue weighted by Crippen LogP contribution is 2.24. The molecule has 0 saturated carbocycles. The van der Waals surface area contributed by atoms with Gasteiger partial charge in [-0.15, -0.1) is 0 Å². The van der Waals surface area contributed by atoms with Crippen molar-refractivity contribution in [2.45, 2.75) is 13.8 Å². The van der Waals surface area contributed by atoms with Gasteiger partial charge in [-0.3, -0.25) is 9.10 Å². The van der Waals surface area contributed by atoms with Gasteiger partial charge >= 0.3 is 0 Å². The summed E-state index contributed by atoms with van der Waals surface area (Å²) in [6.07, 6.45) is 1.10. The SMILES string of the molecule is Cc1cccc(N(CC(=O)Nc2ccccc2)S(C)(=O)=O)c1C. The smallest absolute Gasteiger partial charge is 0.245 e. The molecule has 0 radical (unpaired) electrons. The predicted octanol–water partition coefficient (Wildman–Crippen LogP) is 2.71. The first kappa shape index (κ1) is 17.0. The van der Waals surface area contributed by atoms with Crippen molar-refractivity contribution in [3.8, 4) is 0 Å². The molecule has 0 aliphatic rings. The number of aryl methyl sites for hydroxylation is 1. The summed E-state index contributed by atoms with van der Waals surface area (Å²) in [5, 5.41) is 2.70. The van der Waals surface area contributed by atoms with Gasteiger partial charge in [-0.25, -0.2) is 8.42 Å². The Labute approximate surface area is 137 Å². The number of amides is 1. The van der Waals surface area contributed by atoms with Gasteiger partial charge in [-0.05, 0) is 43.2 Å². The van der Waals surface area contributed by atoms with Crippen LogP contribution in [0.1, 0.15) is 11.1 Å². The molecule has 0 saturated heterocycles. The van der Waals surface area contributed by atoms with E-state index in [-0.39, 0.29) is 12.5 Å². The molecule has 23 heavy (non-hydrogen) atoms. The molecule has 1 N–H and O–H groups in total. The van der Waals surface area contributed by atoms with Crippen LogP contribution in [0.25, 0.3) is 0 Å². The van der Waals surface area contributed by atoms with Crippen LogP contribution in [0.2, 0.25) is 0 Å². The molecule has 0 heterocycles. The zero-order valence-corrected chi connectivity index (χ0v) is 14.2. The van der Waals surface area contributed by atoms with E-state index in [4.69, 9.17) is 0 Å². The van der Waals surface area contributed by atoms with E-state index >= 15 is 0 Å². The van der Waals surface area contributed by atoms with Crippen LogP contribution < -0.4 is 9.62 Å². The molecule has 0 aromatic heterocycles. The second kappa shape index (κ2) is 6.83. The fourth-order valence-electron chi connectivity index (χ4n) is 2.24. The number of carbonyl (C=O) groups is 1. The largest absolute Gasteiger partial charge is 0.325 e. The minimum absolute atomic E-state index is 0.266. The van der Waals surface area contributed by atoms with Crippen molar-refractivity contribution < 1.29 is 13.2 Å². The molecule has 122 valence electrons. The van der Waals surface area contributed by atoms with Crippen molar-refractivity contribution in [1.29, 1.82) is 0 Å². The summed E-state index contributed by atoms with van der Waals surface area (Å²) < 4.78 is 25.4. The predicted molar refractivity (Wildman–Crippen MR) is 93.2 cm³/mol. The Kier molecular flexibility index (Phi) is 5.05. The van der Waals surface area contributed by atoms with E-state index in [1.54, 1.807) is 36.4 Å². The van der Waals surface area contributed by atoms with Crippen LogP contribution in [0.4, 0.5) is 11.4 Å². The standard InChI is InChI=1S/C17H20N2O3S/c1-13-8-7-11-16(14(13)2)19(23(3,21)22)12-17(20)18-15-9-5-4-6-10-15/h4-11H,12H2,1-3H3,(H,18,20). The van der Waals surface area contributed by atoms with Crippen molar-refractivity contribution in [2.75, 3.05) is 22.4 Å². The van der Waals surface area contributed by atoms with Crippen LogP contribution in [-0.4, -0.2) is 27.1 Å². The van der Waals surface area contributed by atoms with Gasteiger partial charge in [0, 0.05) is 5.69 Å². The van der Waals surface area contributed by atoms with Crippen LogP contribution in [-0.2, 0) is 14.8 Å². The number of sulfonamides is 1. The minimum atomic E-state index is -3.57. The van der Waals surface area contributed by atoms with Gasteiger partial charge in [0.05, 0.1) is 11.9 Å². The number of hydrogen-bond acceptors (Lipinski definition) is 3. The second-order valence-corrected chi connectivity index (χ2v) is 7.31. The lowest BCUT2D eigenvalue weighted by Crippen LogP contribution is -2.38. The van der Waals surface area contributed by atoms with Crippen molar-refractivity contribution in [2.24, 2.45) is 0 Å². The Morgan fingerprint density at radius 1 is 1.04 bits per heavy atom. The minimum Gasteiger partial charge on any atom is -0.325 e. The molecule has 2 aromatic carbocycles. The summed E-state index contributed by atoms with van der Waals surface area (Å²) in [6, 6.07) is 14.3. The van der Waals surface area contributed by atoms with Crippen molar-refractivity contribution in [1.82, 2.24) is 0 Å². The van der Waals surface area contributed by atoms with Gasteiger partial charge in [0.2, 0.25) is 15.9 Å². The van der Waals surface area contributed by atoms with E-state index in [1.807, 2.05) is 26.0 Å². The van der Waals surface area contributed by atoms with E-state index < -0.39 is 10.0 Å². The zero-order chi connectivity index (χ0) is 17.0. The average molecular weight is 332 g/mol. The van der Waals surface area contributed by atoms with E-state index in [1.165, 1.54) is 0 Å². The molecule has 0 atom stereocenters. The third-order valence-corrected chi connectivity index (χ3v) is 4.72. The highest BCUT2D eigenvalue weighted by Gasteiger charge is 2.22. The van der Waals surface area contributed by atoms with Crippen LogP contribution in [0.5, 0.6) is 0 Å². The van der Waals surface area contributed by atoms with Crippen LogP contribution in [0.15, 0.2) is 48.5 Å². The Morgan fingerprint density at radius 3 is 2.30 bits per heavy atom. The maximum absolute atomic E-state index is 12.2. The van der Waals surface area contributed by atoms with E-state index in [0.29, 0.717) is 11.4 Å². The van der Waals surface area contributed by atoms with Crippen LogP contribution in [0.3, 0.4) is 0 Å². The maximum atomic E-state index is 12.2. The highest BCUT2D eigenvalue weighted by molar-refractivity contribution is 7.92. The number of para-hydroxylation sites is 1. The molecule has 0 fully saturated rings. The molecule has 0 aliphatic heterocycles. The molecule has 2 aromatic rings. The quantitative estimate of drug-likeness (QED) is 0.915. The normalized spacial score (nSPS) is 11.1. The fraction of sp³-hybridized carbons (Fsp3) is 0.235. The Hall–Kier alpha value is -2.34. The van der Waals surface area contributed by atoms with Gasteiger partial charge in [0.1, 0.15) is 6.54 Å². The summed E-state index contributed by atoms with van der Waals surface area (Å²) in [5.74, 6) is -0.387. The molecule has 0 bridgehead atoms. The number of carbonyl (C=O) groups excluding carboxylic acids is 1. The van der Waals surface area contributed by atoms with E-state index in [9.17, 15) is 13.2 Å². The number of anilines is 2. The second-order valence-electron chi connectivity index (χ2n) is 5.40. The van der Waals surface area contributed by atoms with Crippen molar-refractivity contribution >= 4 is 27.3 Å². The lowest BCUT2D eigenvalue weighted by atomic mass is 10.1. The lowest BCUT2D eigenvalue weighted by Gasteiger charge is -2.24. The number of hydrogen-bond donors (Lipinski definition) is 1. The Balaban J connectivity index is 2.27. The van der Waals surface area contributed by atoms with E-state index in [0.717, 1.165) is 21.7 Å². The van der Waals surface area contributed by atoms with Crippen molar-refractivity contribution in [3.63, 3.8) is 0 Å². The zero-order valence-electron chi connectivity index (χ0n) is 13.4. The van der Waals surface area contributed by atoms with Gasteiger partial charge in [-0.2, -0.15) is 0 Å². The summed E-state index contributed by atoms with van der Waals surface area (Å²) >= 11 is 0. The Morgan fingerprint density at radius 2 is 1.70 bits per heavy atom. The van der Waals surface area contributed by atoms with E-state index in [2.05, 4.69) is 5.32 Å². The molecule has 0 spiro atoms. The Bertz CT molecular complexity index is 802. The molecule has 2 rings (SSSR count). The summed E-state index contributed by atoms with van der Waals surface area (Å²) in [5.41, 5.74) is 2.97. The average Bonchev–Trinajstić information content (AvgIpc) is 2.48. The monoisotopic (exact) mass is 332 g/mol. The molecule has 5 nitrogen and oxygen atoms in total. The molecule has 0 unspecified atom stereocenters. The lowest BCUT2D eigenvalue weighted by molar-refractivity contribution is -0.114. The number of rotatable bonds is 5. The molecule has 1 amide bonds. The number of benzene rings is 2. The third kappa shape index (κ3) is 4.32. The van der Waals surface area contributed by atoms with Gasteiger partial charge in [0.15, 0.2) is 0 Å². The highest BCUT2D eigenvalue weighted by atomic mass is 32.2. The number of nitrogens with zero attached hydrogens (tertiary/aromatic N) is 1. The topological polar surface area (TPSA) is 66.5 Å². The summed E-state index contributed by atoms with van der Waals surface area (Å²) in [4.78, 5) is 12.2. The molecule has 0 aliphatic carbocycles. The van der Waals surface area contributed by atoms with Crippen LogP contribution >= 0.6 is 0 Å². The molecular weight excluding hydrogens is 312 g/mol. The van der Waals surface area contributed by atoms with Gasteiger partial charge in [-0.1, -0.05) is 30.3 Å². The number of nitrogens with one attached hydrogen (secondary N) is 1. The van der Waals surface area contributed by atoms with Crippen LogP contribution in [0, 0.1) is 13.8 Å². The maximum Gasteiger partial charge on any atom is 0.245 e. The first-order chi connectivity index (χ1) is 10.8. The van der Waals surface area contributed by atoms with Gasteiger partial charge < -0.3 is 5.32 Å². The van der Waals surface area contributed by atoms with Crippen molar-refractivity contribution in [3.05, 3.63) is 59.7 Å². The molecular formula is C17H20N2O3S. The first-order valence-corrected chi connectivity index (χ1v) is 9.02. The fourth-order valence-corrected chi connectivity index (χ4v) is 3.15. The first-order valence-electron chi connectivity index (χ1n) is 7.18. The summed E-state index contributed by atoms with van der Waals surface area (Å²) in [7, 11) is -3.57. The third-order valence-electron chi connectivity index (χ3n) is 3.59. The van der Waals surface area contributed by atoms with Gasteiger partial charge in [0.25, 0.3) is 0 Å². The molecule has 6 heteroatoms.